The Labute approximate surface area is 154 Å². The Bertz CT molecular complexity index is 1190. The van der Waals surface area contributed by atoms with E-state index in [1.807, 2.05) is 18.6 Å². The third kappa shape index (κ3) is 2.62. The second-order valence-electron chi connectivity index (χ2n) is 6.11. The molecule has 5 rings (SSSR count). The van der Waals surface area contributed by atoms with E-state index in [1.54, 1.807) is 11.3 Å². The Morgan fingerprint density at radius 3 is 2.77 bits per heavy atom. The molecule has 0 spiro atoms. The van der Waals surface area contributed by atoms with Gasteiger partial charge in [0.25, 0.3) is 0 Å². The summed E-state index contributed by atoms with van der Waals surface area (Å²) < 4.78 is 2.09. The maximum Gasteiger partial charge on any atom is 0.180 e. The van der Waals surface area contributed by atoms with Gasteiger partial charge in [0.05, 0.1) is 18.4 Å². The lowest BCUT2D eigenvalue weighted by Crippen LogP contribution is -2.02. The molecule has 5 heteroatoms. The molecule has 0 radical (unpaired) electrons. The smallest absolute Gasteiger partial charge is 0.180 e. The Kier molecular flexibility index (Phi) is 3.65. The Hall–Kier alpha value is -3.18. The van der Waals surface area contributed by atoms with Crippen LogP contribution in [0.15, 0.2) is 78.6 Å². The molecule has 0 saturated carbocycles. The first kappa shape index (κ1) is 15.1. The van der Waals surface area contributed by atoms with Gasteiger partial charge in [0.2, 0.25) is 0 Å². The average Bonchev–Trinajstić information content (AvgIpc) is 3.36. The molecule has 0 atom stereocenters. The summed E-state index contributed by atoms with van der Waals surface area (Å²) in [5.41, 5.74) is 3.05. The third-order valence-corrected chi connectivity index (χ3v) is 5.36. The van der Waals surface area contributed by atoms with E-state index in [4.69, 9.17) is 0 Å². The van der Waals surface area contributed by atoms with Crippen LogP contribution in [0.2, 0.25) is 0 Å². The molecule has 2 aromatic carbocycles. The highest BCUT2D eigenvalue weighted by Crippen LogP contribution is 2.27. The van der Waals surface area contributed by atoms with Crippen LogP contribution in [-0.4, -0.2) is 14.4 Å². The summed E-state index contributed by atoms with van der Waals surface area (Å²) in [5, 5.41) is 7.95. The zero-order chi connectivity index (χ0) is 17.3. The van der Waals surface area contributed by atoms with Gasteiger partial charge in [0, 0.05) is 22.8 Å². The topological polar surface area (TPSA) is 42.2 Å². The van der Waals surface area contributed by atoms with Crippen molar-refractivity contribution in [1.29, 1.82) is 0 Å². The third-order valence-electron chi connectivity index (χ3n) is 4.48. The summed E-state index contributed by atoms with van der Waals surface area (Å²) in [7, 11) is 0. The normalized spacial score (nSPS) is 11.2. The maximum absolute atomic E-state index is 4.62. The first-order valence-corrected chi connectivity index (χ1v) is 9.34. The Morgan fingerprint density at radius 2 is 1.88 bits per heavy atom. The number of nitrogens with one attached hydrogen (secondary N) is 1. The van der Waals surface area contributed by atoms with E-state index in [1.165, 1.54) is 15.6 Å². The minimum absolute atomic E-state index is 0.752. The van der Waals surface area contributed by atoms with E-state index >= 15 is 0 Å². The second-order valence-corrected chi connectivity index (χ2v) is 7.14. The van der Waals surface area contributed by atoms with Gasteiger partial charge in [0.1, 0.15) is 0 Å². The molecule has 26 heavy (non-hydrogen) atoms. The molecule has 0 saturated heterocycles. The number of nitrogens with zero attached hydrogens (tertiary/aromatic N) is 3. The number of hydrogen-bond acceptors (Lipinski definition) is 4. The predicted molar refractivity (Wildman–Crippen MR) is 108 cm³/mol. The van der Waals surface area contributed by atoms with Gasteiger partial charge in [-0.2, -0.15) is 0 Å². The molecule has 0 unspecified atom stereocenters. The zero-order valence-corrected chi connectivity index (χ0v) is 14.8. The molecule has 0 aliphatic rings. The minimum atomic E-state index is 0.752. The van der Waals surface area contributed by atoms with Crippen molar-refractivity contribution in [2.45, 2.75) is 6.54 Å². The van der Waals surface area contributed by atoms with Crippen molar-refractivity contribution in [2.75, 3.05) is 5.32 Å². The average molecular weight is 356 g/mol. The first-order chi connectivity index (χ1) is 12.9. The standard InChI is InChI=1S/C21H16N4S/c1-2-5-16-12-17(8-7-15(16)4-1)19-14-24-21-20(22-9-10-25(19)21)23-13-18-6-3-11-26-18/h1-12,14H,13H2,(H,22,23). The molecule has 0 amide bonds. The molecule has 1 N–H and O–H groups in total. The van der Waals surface area contributed by atoms with Gasteiger partial charge >= 0.3 is 0 Å². The SMILES string of the molecule is c1csc(CNc2nccn3c(-c4ccc5ccccc5c4)cnc23)c1. The highest BCUT2D eigenvalue weighted by atomic mass is 32.1. The Morgan fingerprint density at radius 1 is 0.962 bits per heavy atom. The van der Waals surface area contributed by atoms with Gasteiger partial charge in [-0.1, -0.05) is 42.5 Å². The van der Waals surface area contributed by atoms with E-state index < -0.39 is 0 Å². The van der Waals surface area contributed by atoms with Crippen molar-refractivity contribution < 1.29 is 0 Å². The summed E-state index contributed by atoms with van der Waals surface area (Å²) in [6, 6.07) is 19.1. The maximum atomic E-state index is 4.62. The molecule has 4 nitrogen and oxygen atoms in total. The van der Waals surface area contributed by atoms with Gasteiger partial charge in [-0.05, 0) is 28.3 Å². The van der Waals surface area contributed by atoms with E-state index in [9.17, 15) is 0 Å². The van der Waals surface area contributed by atoms with E-state index in [-0.39, 0.29) is 0 Å². The molecule has 0 bridgehead atoms. The zero-order valence-electron chi connectivity index (χ0n) is 14.0. The van der Waals surface area contributed by atoms with Crippen LogP contribution in [-0.2, 0) is 6.54 Å². The summed E-state index contributed by atoms with van der Waals surface area (Å²) in [4.78, 5) is 10.4. The number of anilines is 1. The lowest BCUT2D eigenvalue weighted by atomic mass is 10.1. The van der Waals surface area contributed by atoms with Crippen molar-refractivity contribution in [3.05, 3.63) is 83.4 Å². The minimum Gasteiger partial charge on any atom is -0.362 e. The summed E-state index contributed by atoms with van der Waals surface area (Å²) in [6.07, 6.45) is 5.69. The molecule has 3 aromatic heterocycles. The summed E-state index contributed by atoms with van der Waals surface area (Å²) in [5.74, 6) is 0.799. The lowest BCUT2D eigenvalue weighted by Gasteiger charge is -2.07. The fourth-order valence-corrected chi connectivity index (χ4v) is 3.83. The largest absolute Gasteiger partial charge is 0.362 e. The molecular weight excluding hydrogens is 340 g/mol. The van der Waals surface area contributed by atoms with Crippen LogP contribution in [0.4, 0.5) is 5.82 Å². The van der Waals surface area contributed by atoms with Crippen LogP contribution in [0.5, 0.6) is 0 Å². The van der Waals surface area contributed by atoms with Crippen LogP contribution in [0, 0.1) is 0 Å². The van der Waals surface area contributed by atoms with Crippen molar-refractivity contribution in [1.82, 2.24) is 14.4 Å². The van der Waals surface area contributed by atoms with Crippen molar-refractivity contribution in [3.8, 4) is 11.3 Å². The summed E-state index contributed by atoms with van der Waals surface area (Å²) >= 11 is 1.73. The number of benzene rings is 2. The van der Waals surface area contributed by atoms with Crippen LogP contribution >= 0.6 is 11.3 Å². The number of thiophene rings is 1. The molecule has 0 aliphatic carbocycles. The highest BCUT2D eigenvalue weighted by Gasteiger charge is 2.10. The molecule has 0 fully saturated rings. The predicted octanol–water partition coefficient (Wildman–Crippen LogP) is 5.22. The lowest BCUT2D eigenvalue weighted by molar-refractivity contribution is 1.09. The van der Waals surface area contributed by atoms with Gasteiger partial charge in [-0.15, -0.1) is 11.3 Å². The van der Waals surface area contributed by atoms with Gasteiger partial charge in [-0.25, -0.2) is 9.97 Å². The van der Waals surface area contributed by atoms with Crippen LogP contribution in [0.1, 0.15) is 4.88 Å². The number of aromatic nitrogens is 3. The van der Waals surface area contributed by atoms with Gasteiger partial charge in [-0.3, -0.25) is 4.40 Å². The number of fused-ring (bicyclic) bond motifs is 2. The van der Waals surface area contributed by atoms with Crippen molar-refractivity contribution in [3.63, 3.8) is 0 Å². The monoisotopic (exact) mass is 356 g/mol. The molecule has 0 aliphatic heterocycles. The quantitative estimate of drug-likeness (QED) is 0.480. The summed E-state index contributed by atoms with van der Waals surface area (Å²) in [6.45, 7) is 0.752. The molecule has 5 aromatic rings. The first-order valence-electron chi connectivity index (χ1n) is 8.46. The number of rotatable bonds is 4. The molecule has 126 valence electrons. The van der Waals surface area contributed by atoms with Crippen LogP contribution < -0.4 is 5.32 Å². The second kappa shape index (κ2) is 6.28. The van der Waals surface area contributed by atoms with Crippen molar-refractivity contribution in [2.24, 2.45) is 0 Å². The highest BCUT2D eigenvalue weighted by molar-refractivity contribution is 7.09. The van der Waals surface area contributed by atoms with Crippen LogP contribution in [0.25, 0.3) is 27.7 Å². The fourth-order valence-electron chi connectivity index (χ4n) is 3.19. The fraction of sp³-hybridized carbons (Fsp3) is 0.0476. The molecular formula is C21H16N4S. The van der Waals surface area contributed by atoms with Crippen LogP contribution in [0.3, 0.4) is 0 Å². The Balaban J connectivity index is 1.55. The number of hydrogen-bond donors (Lipinski definition) is 1. The van der Waals surface area contributed by atoms with Gasteiger partial charge < -0.3 is 5.32 Å². The van der Waals surface area contributed by atoms with Crippen molar-refractivity contribution >= 4 is 33.6 Å². The van der Waals surface area contributed by atoms with E-state index in [0.29, 0.717) is 0 Å². The van der Waals surface area contributed by atoms with E-state index in [0.717, 1.165) is 29.3 Å². The molecule has 3 heterocycles. The van der Waals surface area contributed by atoms with Gasteiger partial charge in [0.15, 0.2) is 11.5 Å². The number of imidazole rings is 1. The van der Waals surface area contributed by atoms with E-state index in [2.05, 4.69) is 79.7 Å².